The van der Waals surface area contributed by atoms with Crippen LogP contribution in [0.15, 0.2) is 0 Å². The summed E-state index contributed by atoms with van der Waals surface area (Å²) in [6.07, 6.45) is 2.17. The molecule has 0 aromatic heterocycles. The topological polar surface area (TPSA) is 15.3 Å². The van der Waals surface area contributed by atoms with Gasteiger partial charge in [-0.25, -0.2) is 8.78 Å². The first kappa shape index (κ1) is 14.2. The molecule has 2 aliphatic rings. The molecule has 0 bridgehead atoms. The summed E-state index contributed by atoms with van der Waals surface area (Å²) in [6, 6.07) is 0. The minimum Gasteiger partial charge on any atom is -0.308 e. The highest BCUT2D eigenvalue weighted by atomic mass is 19.3. The minimum absolute atomic E-state index is 0.0310. The van der Waals surface area contributed by atoms with Crippen molar-refractivity contribution in [3.63, 3.8) is 0 Å². The van der Waals surface area contributed by atoms with E-state index in [0.717, 1.165) is 25.9 Å². The molecule has 0 amide bonds. The van der Waals surface area contributed by atoms with Crippen molar-refractivity contribution in [2.24, 2.45) is 5.92 Å². The number of hydrogen-bond donors (Lipinski definition) is 1. The summed E-state index contributed by atoms with van der Waals surface area (Å²) in [5.41, 5.74) is -0.0342. The fourth-order valence-electron chi connectivity index (χ4n) is 3.35. The molecule has 1 N–H and O–H groups in total. The highest BCUT2D eigenvalue weighted by Gasteiger charge is 2.51. The number of halogens is 2. The van der Waals surface area contributed by atoms with E-state index in [9.17, 15) is 8.78 Å². The van der Waals surface area contributed by atoms with Crippen LogP contribution in [-0.4, -0.2) is 42.0 Å². The molecule has 1 heterocycles. The van der Waals surface area contributed by atoms with Gasteiger partial charge in [0, 0.05) is 24.2 Å². The minimum atomic E-state index is -2.23. The number of rotatable bonds is 5. The van der Waals surface area contributed by atoms with Crippen molar-refractivity contribution >= 4 is 0 Å². The van der Waals surface area contributed by atoms with Gasteiger partial charge in [0.05, 0.1) is 6.54 Å². The van der Waals surface area contributed by atoms with Crippen LogP contribution in [0.4, 0.5) is 8.78 Å². The number of piperazine rings is 1. The summed E-state index contributed by atoms with van der Waals surface area (Å²) in [5, 5.41) is 3.66. The van der Waals surface area contributed by atoms with Crippen molar-refractivity contribution in [3.05, 3.63) is 0 Å². The third kappa shape index (κ3) is 2.55. The van der Waals surface area contributed by atoms with Crippen LogP contribution in [0.5, 0.6) is 0 Å². The lowest BCUT2D eigenvalue weighted by molar-refractivity contribution is -0.0372. The predicted molar refractivity (Wildman–Crippen MR) is 70.0 cm³/mol. The van der Waals surface area contributed by atoms with E-state index in [0.29, 0.717) is 5.92 Å². The standard InChI is InChI=1S/C14H26F2N2/c1-4-14(5-2)10-18(8-12(15)16)13(3,9-17-14)11-6-7-11/h11-12,17H,4-10H2,1-3H3. The van der Waals surface area contributed by atoms with Crippen LogP contribution in [0.25, 0.3) is 0 Å². The Morgan fingerprint density at radius 2 is 1.89 bits per heavy atom. The Kier molecular flexibility index (Phi) is 3.98. The van der Waals surface area contributed by atoms with Gasteiger partial charge in [-0.05, 0) is 38.5 Å². The van der Waals surface area contributed by atoms with E-state index in [2.05, 4.69) is 31.0 Å². The van der Waals surface area contributed by atoms with E-state index in [1.54, 1.807) is 0 Å². The summed E-state index contributed by atoms with van der Waals surface area (Å²) < 4.78 is 25.7. The van der Waals surface area contributed by atoms with E-state index in [-0.39, 0.29) is 17.6 Å². The van der Waals surface area contributed by atoms with Gasteiger partial charge in [-0.3, -0.25) is 4.90 Å². The first-order chi connectivity index (χ1) is 8.46. The molecule has 1 aliphatic heterocycles. The fourth-order valence-corrected chi connectivity index (χ4v) is 3.35. The van der Waals surface area contributed by atoms with Crippen LogP contribution in [0.1, 0.15) is 46.5 Å². The van der Waals surface area contributed by atoms with Gasteiger partial charge in [0.1, 0.15) is 0 Å². The quantitative estimate of drug-likeness (QED) is 0.817. The van der Waals surface area contributed by atoms with Crippen LogP contribution in [0, 0.1) is 5.92 Å². The lowest BCUT2D eigenvalue weighted by atomic mass is 9.82. The van der Waals surface area contributed by atoms with E-state index in [4.69, 9.17) is 0 Å². The van der Waals surface area contributed by atoms with Gasteiger partial charge < -0.3 is 5.32 Å². The molecule has 1 saturated heterocycles. The second-order valence-electron chi connectivity index (χ2n) is 6.24. The molecular formula is C14H26F2N2. The molecule has 2 nitrogen and oxygen atoms in total. The molecule has 4 heteroatoms. The SMILES string of the molecule is CCC1(CC)CN(CC(F)F)C(C)(C2CC2)CN1. The van der Waals surface area contributed by atoms with E-state index < -0.39 is 6.43 Å². The molecule has 18 heavy (non-hydrogen) atoms. The van der Waals surface area contributed by atoms with Crippen LogP contribution in [-0.2, 0) is 0 Å². The van der Waals surface area contributed by atoms with Gasteiger partial charge in [-0.2, -0.15) is 0 Å². The van der Waals surface area contributed by atoms with Gasteiger partial charge in [-0.15, -0.1) is 0 Å². The van der Waals surface area contributed by atoms with Crippen LogP contribution < -0.4 is 5.32 Å². The normalized spacial score (nSPS) is 33.0. The van der Waals surface area contributed by atoms with Gasteiger partial charge >= 0.3 is 0 Å². The van der Waals surface area contributed by atoms with E-state index >= 15 is 0 Å². The molecule has 1 saturated carbocycles. The third-order valence-electron chi connectivity index (χ3n) is 5.21. The summed E-state index contributed by atoms with van der Waals surface area (Å²) >= 11 is 0. The fraction of sp³-hybridized carbons (Fsp3) is 1.00. The zero-order valence-corrected chi connectivity index (χ0v) is 11.8. The molecule has 0 aromatic rings. The Morgan fingerprint density at radius 1 is 1.28 bits per heavy atom. The smallest absolute Gasteiger partial charge is 0.251 e. The lowest BCUT2D eigenvalue weighted by Crippen LogP contribution is -2.70. The number of nitrogens with one attached hydrogen (secondary N) is 1. The molecule has 0 spiro atoms. The summed E-state index contributed by atoms with van der Waals surface area (Å²) in [5.74, 6) is 0.607. The molecule has 0 radical (unpaired) electrons. The van der Waals surface area contributed by atoms with Crippen molar-refractivity contribution in [2.75, 3.05) is 19.6 Å². The Hall–Kier alpha value is -0.220. The Labute approximate surface area is 109 Å². The molecule has 1 atom stereocenters. The summed E-state index contributed by atoms with van der Waals surface area (Å²) in [7, 11) is 0. The van der Waals surface area contributed by atoms with Crippen molar-refractivity contribution in [1.82, 2.24) is 10.2 Å². The second kappa shape index (κ2) is 5.04. The maximum Gasteiger partial charge on any atom is 0.251 e. The Morgan fingerprint density at radius 3 is 2.33 bits per heavy atom. The van der Waals surface area contributed by atoms with Crippen molar-refractivity contribution in [3.8, 4) is 0 Å². The molecule has 2 rings (SSSR count). The van der Waals surface area contributed by atoms with Crippen LogP contribution >= 0.6 is 0 Å². The van der Waals surface area contributed by atoms with E-state index in [1.807, 2.05) is 0 Å². The highest BCUT2D eigenvalue weighted by Crippen LogP contribution is 2.45. The van der Waals surface area contributed by atoms with Crippen molar-refractivity contribution < 1.29 is 8.78 Å². The zero-order valence-electron chi connectivity index (χ0n) is 11.8. The first-order valence-electron chi connectivity index (χ1n) is 7.24. The third-order valence-corrected chi connectivity index (χ3v) is 5.21. The average molecular weight is 260 g/mol. The van der Waals surface area contributed by atoms with Crippen LogP contribution in [0.2, 0.25) is 0 Å². The Bertz CT molecular complexity index is 288. The monoisotopic (exact) mass is 260 g/mol. The molecule has 0 aromatic carbocycles. The maximum atomic E-state index is 12.8. The van der Waals surface area contributed by atoms with E-state index in [1.165, 1.54) is 12.8 Å². The molecule has 106 valence electrons. The predicted octanol–water partition coefficient (Wildman–Crippen LogP) is 2.88. The molecule has 1 unspecified atom stereocenters. The average Bonchev–Trinajstić information content (AvgIpc) is 3.16. The number of nitrogens with zero attached hydrogens (tertiary/aromatic N) is 1. The second-order valence-corrected chi connectivity index (χ2v) is 6.24. The van der Waals surface area contributed by atoms with Gasteiger partial charge in [0.25, 0.3) is 6.43 Å². The lowest BCUT2D eigenvalue weighted by Gasteiger charge is -2.53. The summed E-state index contributed by atoms with van der Waals surface area (Å²) in [6.45, 7) is 8.00. The van der Waals surface area contributed by atoms with Gasteiger partial charge in [0.15, 0.2) is 0 Å². The van der Waals surface area contributed by atoms with Crippen LogP contribution in [0.3, 0.4) is 0 Å². The first-order valence-corrected chi connectivity index (χ1v) is 7.24. The number of alkyl halides is 2. The molecule has 1 aliphatic carbocycles. The zero-order chi connectivity index (χ0) is 13.4. The molecule has 2 fully saturated rings. The van der Waals surface area contributed by atoms with Crippen molar-refractivity contribution in [1.29, 1.82) is 0 Å². The van der Waals surface area contributed by atoms with Crippen molar-refractivity contribution in [2.45, 2.75) is 64.0 Å². The molecular weight excluding hydrogens is 234 g/mol. The number of hydrogen-bond acceptors (Lipinski definition) is 2. The largest absolute Gasteiger partial charge is 0.308 e. The summed E-state index contributed by atoms with van der Waals surface area (Å²) in [4.78, 5) is 2.07. The maximum absolute atomic E-state index is 12.8. The van der Waals surface area contributed by atoms with Gasteiger partial charge in [0.2, 0.25) is 0 Å². The Balaban J connectivity index is 2.14. The van der Waals surface area contributed by atoms with Gasteiger partial charge in [-0.1, -0.05) is 13.8 Å². The highest BCUT2D eigenvalue weighted by molar-refractivity contribution is 5.08.